The van der Waals surface area contributed by atoms with Crippen molar-refractivity contribution < 1.29 is 9.47 Å². The van der Waals surface area contributed by atoms with Gasteiger partial charge < -0.3 is 9.47 Å². The van der Waals surface area contributed by atoms with Crippen LogP contribution >= 0.6 is 0 Å². The summed E-state index contributed by atoms with van der Waals surface area (Å²) in [7, 11) is 3.05. The summed E-state index contributed by atoms with van der Waals surface area (Å²) < 4.78 is 9.77. The first-order chi connectivity index (χ1) is 5.27. The molecule has 1 aliphatic rings. The lowest BCUT2D eigenvalue weighted by Crippen LogP contribution is -2.35. The summed E-state index contributed by atoms with van der Waals surface area (Å²) >= 11 is 0. The molecule has 5 nitrogen and oxygen atoms in total. The van der Waals surface area contributed by atoms with Crippen molar-refractivity contribution in [1.29, 1.82) is 0 Å². The molecule has 11 heavy (non-hydrogen) atoms. The monoisotopic (exact) mass is 156 g/mol. The Morgan fingerprint density at radius 1 is 1.64 bits per heavy atom. The third-order valence-electron chi connectivity index (χ3n) is 1.32. The molecule has 0 saturated carbocycles. The predicted octanol–water partition coefficient (Wildman–Crippen LogP) is -0.0115. The molecule has 0 amide bonds. The molecule has 5 heteroatoms. The molecule has 0 aromatic heterocycles. The second kappa shape index (κ2) is 3.36. The minimum atomic E-state index is -0.401. The van der Waals surface area contributed by atoms with Crippen LogP contribution < -0.4 is 5.84 Å². The van der Waals surface area contributed by atoms with E-state index < -0.39 is 6.23 Å². The molecule has 0 bridgehead atoms. The minimum absolute atomic E-state index is 0.401. The van der Waals surface area contributed by atoms with Gasteiger partial charge in [-0.2, -0.15) is 0 Å². The van der Waals surface area contributed by atoms with Crippen molar-refractivity contribution in [2.75, 3.05) is 14.2 Å². The van der Waals surface area contributed by atoms with E-state index in [1.54, 1.807) is 6.08 Å². The van der Waals surface area contributed by atoms with Gasteiger partial charge in [-0.15, -0.1) is 5.84 Å². The molecule has 1 N–H and O–H groups in total. The van der Waals surface area contributed by atoms with Gasteiger partial charge in [0.15, 0.2) is 6.23 Å². The van der Waals surface area contributed by atoms with Gasteiger partial charge in [-0.05, 0) is 0 Å². The van der Waals surface area contributed by atoms with E-state index >= 15 is 0 Å². The van der Waals surface area contributed by atoms with Gasteiger partial charge in [0.25, 0.3) is 0 Å². The van der Waals surface area contributed by atoms with Gasteiger partial charge in [0.2, 0.25) is 5.88 Å². The van der Waals surface area contributed by atoms with Crippen LogP contribution in [-0.4, -0.2) is 31.8 Å². The van der Waals surface area contributed by atoms with Gasteiger partial charge in [0.1, 0.15) is 6.34 Å². The van der Waals surface area contributed by atoms with E-state index in [1.807, 2.05) is 0 Å². The smallest absolute Gasteiger partial charge is 0.214 e. The molecule has 1 rings (SSSR count). The Kier molecular flexibility index (Phi) is 2.45. The first kappa shape index (κ1) is 8.03. The van der Waals surface area contributed by atoms with Gasteiger partial charge in [0.05, 0.1) is 7.11 Å². The number of rotatable bonds is 2. The van der Waals surface area contributed by atoms with Gasteiger partial charge in [-0.25, -0.2) is 4.99 Å². The van der Waals surface area contributed by atoms with Crippen molar-refractivity contribution in [3.05, 3.63) is 12.0 Å². The van der Waals surface area contributed by atoms with Crippen LogP contribution in [0.5, 0.6) is 0 Å². The number of methoxy groups -OCH3 is 2. The second-order valence-corrected chi connectivity index (χ2v) is 1.99. The highest BCUT2D eigenvalue weighted by molar-refractivity contribution is 5.57. The fourth-order valence-corrected chi connectivity index (χ4v) is 0.732. The number of hydrogen-bond donors (Lipinski definition) is 0. The van der Waals surface area contributed by atoms with Crippen molar-refractivity contribution in [2.45, 2.75) is 6.23 Å². The Labute approximate surface area is 65.1 Å². The van der Waals surface area contributed by atoms with E-state index in [0.29, 0.717) is 5.88 Å². The van der Waals surface area contributed by atoms with Gasteiger partial charge in [-0.1, -0.05) is 0 Å². The largest absolute Gasteiger partial charge is 0.481 e. The number of nitrogens with one attached hydrogen (secondary N) is 1. The number of ether oxygens (including phenoxy) is 2. The molecule has 1 heterocycles. The zero-order valence-electron chi connectivity index (χ0n) is 6.44. The van der Waals surface area contributed by atoms with Crippen LogP contribution in [0.1, 0.15) is 0 Å². The first-order valence-corrected chi connectivity index (χ1v) is 3.10. The van der Waals surface area contributed by atoms with Crippen molar-refractivity contribution in [3.8, 4) is 0 Å². The van der Waals surface area contributed by atoms with E-state index in [1.165, 1.54) is 20.6 Å². The maximum Gasteiger partial charge on any atom is 0.214 e. The lowest BCUT2D eigenvalue weighted by atomic mass is 10.4. The van der Waals surface area contributed by atoms with Crippen LogP contribution in [0.3, 0.4) is 0 Å². The van der Waals surface area contributed by atoms with E-state index in [9.17, 15) is 0 Å². The standard InChI is InChI=1S/C6H10N3O2/c1-10-5-3-6(11-2)9(7)4-8-5/h3-4,6-7H,1-2H3. The third-order valence-corrected chi connectivity index (χ3v) is 1.32. The highest BCUT2D eigenvalue weighted by atomic mass is 16.5. The maximum atomic E-state index is 7.25. The highest BCUT2D eigenvalue weighted by Crippen LogP contribution is 2.08. The van der Waals surface area contributed by atoms with Crippen molar-refractivity contribution in [3.63, 3.8) is 0 Å². The molecule has 1 aliphatic heterocycles. The maximum absolute atomic E-state index is 7.25. The summed E-state index contributed by atoms with van der Waals surface area (Å²) in [6.07, 6.45) is 2.56. The summed E-state index contributed by atoms with van der Waals surface area (Å²) in [5, 5.41) is 1.10. The van der Waals surface area contributed by atoms with Gasteiger partial charge in [0, 0.05) is 13.2 Å². The summed E-state index contributed by atoms with van der Waals surface area (Å²) in [6.45, 7) is 0. The molecule has 0 aromatic rings. The zero-order valence-corrected chi connectivity index (χ0v) is 6.44. The summed E-state index contributed by atoms with van der Waals surface area (Å²) in [6, 6.07) is 0. The lowest BCUT2D eigenvalue weighted by molar-refractivity contribution is 0.0360. The molecular weight excluding hydrogens is 146 g/mol. The Bertz CT molecular complexity index is 190. The van der Waals surface area contributed by atoms with Crippen molar-refractivity contribution in [1.82, 2.24) is 10.9 Å². The molecule has 61 valence electrons. The molecule has 1 atom stereocenters. The van der Waals surface area contributed by atoms with Crippen molar-refractivity contribution in [2.24, 2.45) is 4.99 Å². The Balaban J connectivity index is 2.67. The van der Waals surface area contributed by atoms with Crippen LogP contribution in [0.15, 0.2) is 17.0 Å². The Morgan fingerprint density at radius 3 is 2.91 bits per heavy atom. The third kappa shape index (κ3) is 1.69. The average Bonchev–Trinajstić information content (AvgIpc) is 2.05. The van der Waals surface area contributed by atoms with E-state index in [4.69, 9.17) is 15.3 Å². The van der Waals surface area contributed by atoms with Crippen LogP contribution in [0.2, 0.25) is 0 Å². The molecule has 1 unspecified atom stereocenters. The summed E-state index contributed by atoms with van der Waals surface area (Å²) in [4.78, 5) is 3.80. The topological polar surface area (TPSA) is 57.9 Å². The summed E-state index contributed by atoms with van der Waals surface area (Å²) in [5.41, 5.74) is 0. The number of hydrogen-bond acceptors (Lipinski definition) is 4. The molecule has 0 fully saturated rings. The fraction of sp³-hybridized carbons (Fsp3) is 0.500. The first-order valence-electron chi connectivity index (χ1n) is 3.10. The number of nitrogens with zero attached hydrogens (tertiary/aromatic N) is 2. The quantitative estimate of drug-likeness (QED) is 0.565. The van der Waals surface area contributed by atoms with Crippen LogP contribution in [0.25, 0.3) is 0 Å². The van der Waals surface area contributed by atoms with Crippen LogP contribution in [0, 0.1) is 0 Å². The highest BCUT2D eigenvalue weighted by Gasteiger charge is 2.14. The van der Waals surface area contributed by atoms with E-state index in [0.717, 1.165) is 5.01 Å². The Hall–Kier alpha value is -1.07. The van der Waals surface area contributed by atoms with Gasteiger partial charge in [-0.3, -0.25) is 5.01 Å². The zero-order chi connectivity index (χ0) is 8.27. The summed E-state index contributed by atoms with van der Waals surface area (Å²) in [5.74, 6) is 7.73. The van der Waals surface area contributed by atoms with E-state index in [2.05, 4.69) is 4.99 Å². The molecule has 0 spiro atoms. The lowest BCUT2D eigenvalue weighted by Gasteiger charge is -2.22. The predicted molar refractivity (Wildman–Crippen MR) is 39.3 cm³/mol. The van der Waals surface area contributed by atoms with Crippen LogP contribution in [0.4, 0.5) is 0 Å². The fourth-order valence-electron chi connectivity index (χ4n) is 0.732. The van der Waals surface area contributed by atoms with Crippen LogP contribution in [-0.2, 0) is 9.47 Å². The van der Waals surface area contributed by atoms with Gasteiger partial charge >= 0.3 is 0 Å². The SMILES string of the molecule is COC1=CC(OC)N([NH])C=N1. The number of aliphatic imine (C=N–C) groups is 1. The van der Waals surface area contributed by atoms with Crippen molar-refractivity contribution >= 4 is 6.34 Å². The molecule has 0 aromatic carbocycles. The molecule has 0 saturated heterocycles. The second-order valence-electron chi connectivity index (χ2n) is 1.99. The molecular formula is C6H10N3O2. The molecule has 0 aliphatic carbocycles. The normalized spacial score (nSPS) is 23.4. The minimum Gasteiger partial charge on any atom is -0.481 e. The molecule has 1 radical (unpaired) electrons. The average molecular weight is 156 g/mol. The Morgan fingerprint density at radius 2 is 2.36 bits per heavy atom. The van der Waals surface area contributed by atoms with E-state index in [-0.39, 0.29) is 0 Å².